The molecule has 17 heavy (non-hydrogen) atoms. The molecule has 0 unspecified atom stereocenters. The van der Waals surface area contributed by atoms with Gasteiger partial charge in [0.2, 0.25) is 0 Å². The molecule has 2 rings (SSSR count). The van der Waals surface area contributed by atoms with Gasteiger partial charge in [-0.1, -0.05) is 0 Å². The van der Waals surface area contributed by atoms with Crippen molar-refractivity contribution < 1.29 is 9.13 Å². The zero-order valence-electron chi connectivity index (χ0n) is 9.24. The van der Waals surface area contributed by atoms with Crippen LogP contribution in [0.4, 0.5) is 15.8 Å². The Bertz CT molecular complexity index is 502. The first-order valence-electron chi connectivity index (χ1n) is 4.95. The summed E-state index contributed by atoms with van der Waals surface area (Å²) in [5.41, 5.74) is 8.47. The molecule has 1 aromatic carbocycles. The number of rotatable bonds is 4. The second-order valence-corrected chi connectivity index (χ2v) is 4.37. The van der Waals surface area contributed by atoms with Gasteiger partial charge < -0.3 is 15.8 Å². The van der Waals surface area contributed by atoms with Gasteiger partial charge in [-0.15, -0.1) is 11.3 Å². The van der Waals surface area contributed by atoms with Crippen LogP contribution in [0, 0.1) is 5.82 Å². The van der Waals surface area contributed by atoms with Gasteiger partial charge >= 0.3 is 0 Å². The average Bonchev–Trinajstić information content (AvgIpc) is 2.81. The third kappa shape index (κ3) is 2.65. The predicted molar refractivity (Wildman–Crippen MR) is 66.8 cm³/mol. The lowest BCUT2D eigenvalue weighted by Crippen LogP contribution is -2.03. The number of methoxy groups -OCH3 is 1. The maximum Gasteiger partial charge on any atom is 0.167 e. The van der Waals surface area contributed by atoms with Gasteiger partial charge in [0.15, 0.2) is 11.6 Å². The van der Waals surface area contributed by atoms with E-state index in [0.717, 1.165) is 4.88 Å². The molecule has 0 fully saturated rings. The Kier molecular flexibility index (Phi) is 3.43. The third-order valence-electron chi connectivity index (χ3n) is 2.26. The van der Waals surface area contributed by atoms with Gasteiger partial charge in [0.1, 0.15) is 0 Å². The van der Waals surface area contributed by atoms with Crippen molar-refractivity contribution in [1.82, 2.24) is 4.98 Å². The van der Waals surface area contributed by atoms with Crippen LogP contribution in [0.3, 0.4) is 0 Å². The van der Waals surface area contributed by atoms with E-state index in [4.69, 9.17) is 10.5 Å². The first kappa shape index (κ1) is 11.7. The van der Waals surface area contributed by atoms with Crippen molar-refractivity contribution >= 4 is 22.7 Å². The van der Waals surface area contributed by atoms with Gasteiger partial charge in [-0.3, -0.25) is 4.98 Å². The molecule has 0 radical (unpaired) electrons. The Hall–Kier alpha value is -1.82. The largest absolute Gasteiger partial charge is 0.494 e. The molecule has 0 bridgehead atoms. The van der Waals surface area contributed by atoms with Crippen molar-refractivity contribution in [3.05, 3.63) is 34.5 Å². The minimum atomic E-state index is -0.464. The highest BCUT2D eigenvalue weighted by atomic mass is 32.1. The summed E-state index contributed by atoms with van der Waals surface area (Å²) in [6.45, 7) is 0.601. The topological polar surface area (TPSA) is 60.2 Å². The van der Waals surface area contributed by atoms with E-state index in [-0.39, 0.29) is 5.75 Å². The first-order valence-corrected chi connectivity index (χ1v) is 5.83. The van der Waals surface area contributed by atoms with Crippen molar-refractivity contribution in [2.75, 3.05) is 18.2 Å². The Balaban J connectivity index is 2.15. The molecule has 1 heterocycles. The van der Waals surface area contributed by atoms with Crippen molar-refractivity contribution in [2.24, 2.45) is 0 Å². The number of hydrogen-bond acceptors (Lipinski definition) is 5. The summed E-state index contributed by atoms with van der Waals surface area (Å²) in [6, 6.07) is 2.79. The summed E-state index contributed by atoms with van der Waals surface area (Å²) >= 11 is 1.54. The van der Waals surface area contributed by atoms with Gasteiger partial charge in [0.05, 0.1) is 30.5 Å². The zero-order valence-corrected chi connectivity index (χ0v) is 10.1. The van der Waals surface area contributed by atoms with Crippen LogP contribution in [0.5, 0.6) is 5.75 Å². The third-order valence-corrected chi connectivity index (χ3v) is 3.04. The van der Waals surface area contributed by atoms with Crippen molar-refractivity contribution in [3.8, 4) is 5.75 Å². The van der Waals surface area contributed by atoms with Crippen LogP contribution in [0.1, 0.15) is 4.88 Å². The average molecular weight is 253 g/mol. The Morgan fingerprint density at radius 2 is 2.35 bits per heavy atom. The Labute approximate surface area is 102 Å². The fourth-order valence-electron chi connectivity index (χ4n) is 1.39. The van der Waals surface area contributed by atoms with E-state index in [1.54, 1.807) is 29.1 Å². The second-order valence-electron chi connectivity index (χ2n) is 3.40. The highest BCUT2D eigenvalue weighted by Gasteiger charge is 2.08. The maximum atomic E-state index is 13.3. The van der Waals surface area contributed by atoms with Crippen LogP contribution in [0.15, 0.2) is 23.8 Å². The lowest BCUT2D eigenvalue weighted by atomic mass is 10.2. The van der Waals surface area contributed by atoms with E-state index in [1.165, 1.54) is 13.2 Å². The van der Waals surface area contributed by atoms with Gasteiger partial charge in [-0.25, -0.2) is 4.39 Å². The number of anilines is 2. The molecule has 0 aliphatic rings. The molecule has 6 heteroatoms. The van der Waals surface area contributed by atoms with E-state index < -0.39 is 5.82 Å². The molecule has 0 saturated carbocycles. The number of aromatic nitrogens is 1. The van der Waals surface area contributed by atoms with Crippen molar-refractivity contribution in [3.63, 3.8) is 0 Å². The molecule has 0 amide bonds. The van der Waals surface area contributed by atoms with E-state index in [1.807, 2.05) is 0 Å². The predicted octanol–water partition coefficient (Wildman–Crippen LogP) is 2.49. The second kappa shape index (κ2) is 5.01. The fraction of sp³-hybridized carbons (Fsp3) is 0.182. The van der Waals surface area contributed by atoms with Gasteiger partial charge in [0, 0.05) is 23.2 Å². The summed E-state index contributed by atoms with van der Waals surface area (Å²) < 4.78 is 18.2. The Morgan fingerprint density at radius 3 is 3.00 bits per heavy atom. The number of benzene rings is 1. The molecular formula is C11H12FN3OS. The van der Waals surface area contributed by atoms with E-state index in [9.17, 15) is 4.39 Å². The number of nitrogens with one attached hydrogen (secondary N) is 1. The van der Waals surface area contributed by atoms with Crippen molar-refractivity contribution in [1.29, 1.82) is 0 Å². The van der Waals surface area contributed by atoms with Crippen LogP contribution < -0.4 is 15.8 Å². The van der Waals surface area contributed by atoms with Crippen molar-refractivity contribution in [2.45, 2.75) is 6.54 Å². The normalized spacial score (nSPS) is 10.2. The molecule has 0 saturated heterocycles. The highest BCUT2D eigenvalue weighted by molar-refractivity contribution is 7.09. The SMILES string of the molecule is COc1cc(NCc2cncs2)c(N)cc1F. The maximum absolute atomic E-state index is 13.3. The molecule has 3 N–H and O–H groups in total. The lowest BCUT2D eigenvalue weighted by molar-refractivity contribution is 0.387. The summed E-state index contributed by atoms with van der Waals surface area (Å²) in [5, 5.41) is 3.12. The molecular weight excluding hydrogens is 241 g/mol. The molecule has 1 aromatic heterocycles. The van der Waals surface area contributed by atoms with Crippen LogP contribution >= 0.6 is 11.3 Å². The molecule has 90 valence electrons. The number of nitrogens with two attached hydrogens (primary N) is 1. The first-order chi connectivity index (χ1) is 8.20. The number of thiazole rings is 1. The monoisotopic (exact) mass is 253 g/mol. The zero-order chi connectivity index (χ0) is 12.3. The number of ether oxygens (including phenoxy) is 1. The minimum absolute atomic E-state index is 0.172. The van der Waals surface area contributed by atoms with Gasteiger partial charge in [-0.2, -0.15) is 0 Å². The van der Waals surface area contributed by atoms with Gasteiger partial charge in [0.25, 0.3) is 0 Å². The summed E-state index contributed by atoms with van der Waals surface area (Å²) in [4.78, 5) is 5.04. The molecule has 0 aliphatic carbocycles. The molecule has 0 aliphatic heterocycles. The number of nitrogens with zero attached hydrogens (tertiary/aromatic N) is 1. The molecule has 0 spiro atoms. The van der Waals surface area contributed by atoms with E-state index in [2.05, 4.69) is 10.3 Å². The minimum Gasteiger partial charge on any atom is -0.494 e. The number of hydrogen-bond donors (Lipinski definition) is 2. The quantitative estimate of drug-likeness (QED) is 0.822. The van der Waals surface area contributed by atoms with Crippen LogP contribution in [-0.4, -0.2) is 12.1 Å². The van der Waals surface area contributed by atoms with E-state index >= 15 is 0 Å². The standard InChI is InChI=1S/C11H12FN3OS/c1-16-11-3-10(9(13)2-8(11)12)15-5-7-4-14-6-17-7/h2-4,6,15H,5,13H2,1H3. The number of nitrogen functional groups attached to an aromatic ring is 1. The molecule has 0 atom stereocenters. The number of halogens is 1. The van der Waals surface area contributed by atoms with E-state index in [0.29, 0.717) is 17.9 Å². The van der Waals surface area contributed by atoms with Crippen LogP contribution in [0.25, 0.3) is 0 Å². The smallest absolute Gasteiger partial charge is 0.167 e. The summed E-state index contributed by atoms with van der Waals surface area (Å²) in [6.07, 6.45) is 1.77. The highest BCUT2D eigenvalue weighted by Crippen LogP contribution is 2.28. The van der Waals surface area contributed by atoms with Crippen LogP contribution in [0.2, 0.25) is 0 Å². The fourth-order valence-corrected chi connectivity index (χ4v) is 1.92. The molecule has 4 nitrogen and oxygen atoms in total. The lowest BCUT2D eigenvalue weighted by Gasteiger charge is -2.10. The van der Waals surface area contributed by atoms with Gasteiger partial charge in [-0.05, 0) is 0 Å². The summed E-state index contributed by atoms with van der Waals surface area (Å²) in [5.74, 6) is -0.292. The van der Waals surface area contributed by atoms with Crippen LogP contribution in [-0.2, 0) is 6.54 Å². The Morgan fingerprint density at radius 1 is 1.53 bits per heavy atom. The molecule has 2 aromatic rings. The summed E-state index contributed by atoms with van der Waals surface area (Å²) in [7, 11) is 1.42.